The first-order valence-corrected chi connectivity index (χ1v) is 7.90. The zero-order valence-electron chi connectivity index (χ0n) is 13.2. The summed E-state index contributed by atoms with van der Waals surface area (Å²) in [7, 11) is 0. The molecule has 0 fully saturated rings. The van der Waals surface area contributed by atoms with E-state index in [-0.39, 0.29) is 23.6 Å². The van der Waals surface area contributed by atoms with E-state index in [0.29, 0.717) is 11.4 Å². The molecule has 0 saturated carbocycles. The number of rotatable bonds is 5. The van der Waals surface area contributed by atoms with Crippen LogP contribution in [-0.2, 0) is 11.2 Å². The molecule has 5 nitrogen and oxygen atoms in total. The second-order valence-electron chi connectivity index (χ2n) is 5.39. The van der Waals surface area contributed by atoms with Gasteiger partial charge in [0.05, 0.1) is 17.6 Å². The standard InChI is InChI=1S/C17H12ClF3N4O/c18-17-14(9-23-25(17)11-3-5-22-6-4-11)24-15(26)2-1-10-7-12(19)16(21)13(20)8-10/h3-9H,1-2H2,(H,24,26). The Hall–Kier alpha value is -2.87. The highest BCUT2D eigenvalue weighted by Crippen LogP contribution is 2.24. The highest BCUT2D eigenvalue weighted by atomic mass is 35.5. The van der Waals surface area contributed by atoms with Crippen molar-refractivity contribution in [2.45, 2.75) is 12.8 Å². The molecular formula is C17H12ClF3N4O. The van der Waals surface area contributed by atoms with Crippen molar-refractivity contribution in [1.29, 1.82) is 0 Å². The Kier molecular flexibility index (Phi) is 5.22. The summed E-state index contributed by atoms with van der Waals surface area (Å²) in [6, 6.07) is 5.12. The molecule has 1 amide bonds. The lowest BCUT2D eigenvalue weighted by Gasteiger charge is -2.06. The van der Waals surface area contributed by atoms with E-state index in [2.05, 4.69) is 15.4 Å². The number of aromatic nitrogens is 3. The van der Waals surface area contributed by atoms with Crippen LogP contribution in [0.25, 0.3) is 5.69 Å². The highest BCUT2D eigenvalue weighted by molar-refractivity contribution is 6.32. The Balaban J connectivity index is 1.65. The lowest BCUT2D eigenvalue weighted by molar-refractivity contribution is -0.116. The molecule has 1 N–H and O–H groups in total. The SMILES string of the molecule is O=C(CCc1cc(F)c(F)c(F)c1)Nc1cnn(-c2ccncc2)c1Cl. The number of pyridine rings is 1. The van der Waals surface area contributed by atoms with E-state index in [1.165, 1.54) is 10.9 Å². The van der Waals surface area contributed by atoms with E-state index in [4.69, 9.17) is 11.6 Å². The van der Waals surface area contributed by atoms with E-state index in [1.807, 2.05) is 0 Å². The molecule has 0 aliphatic rings. The number of aryl methyl sites for hydroxylation is 1. The normalized spacial score (nSPS) is 10.8. The summed E-state index contributed by atoms with van der Waals surface area (Å²) in [5, 5.41) is 6.87. The summed E-state index contributed by atoms with van der Waals surface area (Å²) in [6.07, 6.45) is 4.51. The van der Waals surface area contributed by atoms with Crippen LogP contribution in [0.5, 0.6) is 0 Å². The molecule has 2 aromatic heterocycles. The summed E-state index contributed by atoms with van der Waals surface area (Å²) >= 11 is 6.20. The van der Waals surface area contributed by atoms with Gasteiger partial charge in [-0.2, -0.15) is 5.10 Å². The molecule has 0 atom stereocenters. The number of anilines is 1. The van der Waals surface area contributed by atoms with Gasteiger partial charge in [0.25, 0.3) is 0 Å². The number of carbonyl (C=O) groups excluding carboxylic acids is 1. The van der Waals surface area contributed by atoms with Gasteiger partial charge in [0, 0.05) is 18.8 Å². The average Bonchev–Trinajstić information content (AvgIpc) is 2.99. The smallest absolute Gasteiger partial charge is 0.224 e. The third-order valence-corrected chi connectivity index (χ3v) is 3.94. The lowest BCUT2D eigenvalue weighted by Crippen LogP contribution is -2.12. The first-order chi connectivity index (χ1) is 12.5. The molecule has 0 radical (unpaired) electrons. The number of nitrogens with one attached hydrogen (secondary N) is 1. The summed E-state index contributed by atoms with van der Waals surface area (Å²) in [5.74, 6) is -4.54. The van der Waals surface area contributed by atoms with E-state index in [0.717, 1.165) is 12.1 Å². The maximum atomic E-state index is 13.2. The lowest BCUT2D eigenvalue weighted by atomic mass is 10.1. The molecule has 134 valence electrons. The Bertz CT molecular complexity index is 923. The van der Waals surface area contributed by atoms with Crippen LogP contribution < -0.4 is 5.32 Å². The second kappa shape index (κ2) is 7.57. The van der Waals surface area contributed by atoms with Crippen molar-refractivity contribution in [2.75, 3.05) is 5.32 Å². The Morgan fingerprint density at radius 3 is 2.46 bits per heavy atom. The van der Waals surface area contributed by atoms with Crippen LogP contribution in [0, 0.1) is 17.5 Å². The molecule has 1 aromatic carbocycles. The molecule has 0 aliphatic carbocycles. The molecule has 0 aliphatic heterocycles. The van der Waals surface area contributed by atoms with Crippen molar-refractivity contribution in [3.8, 4) is 5.69 Å². The Morgan fingerprint density at radius 2 is 1.81 bits per heavy atom. The number of hydrogen-bond acceptors (Lipinski definition) is 3. The van der Waals surface area contributed by atoms with Gasteiger partial charge in [-0.05, 0) is 36.2 Å². The van der Waals surface area contributed by atoms with Crippen molar-refractivity contribution in [1.82, 2.24) is 14.8 Å². The fourth-order valence-corrected chi connectivity index (χ4v) is 2.54. The molecule has 26 heavy (non-hydrogen) atoms. The molecule has 0 spiro atoms. The van der Waals surface area contributed by atoms with Crippen molar-refractivity contribution in [3.63, 3.8) is 0 Å². The van der Waals surface area contributed by atoms with Gasteiger partial charge >= 0.3 is 0 Å². The van der Waals surface area contributed by atoms with Gasteiger partial charge in [-0.25, -0.2) is 17.9 Å². The van der Waals surface area contributed by atoms with E-state index in [9.17, 15) is 18.0 Å². The zero-order chi connectivity index (χ0) is 18.7. The average molecular weight is 381 g/mol. The number of halogens is 4. The molecule has 2 heterocycles. The predicted octanol–water partition coefficient (Wildman–Crippen LogP) is 3.91. The monoisotopic (exact) mass is 380 g/mol. The maximum Gasteiger partial charge on any atom is 0.224 e. The molecule has 0 bridgehead atoms. The van der Waals surface area contributed by atoms with Gasteiger partial charge in [0.15, 0.2) is 22.6 Å². The van der Waals surface area contributed by atoms with Crippen molar-refractivity contribution >= 4 is 23.2 Å². The fraction of sp³-hybridized carbons (Fsp3) is 0.118. The molecular weight excluding hydrogens is 369 g/mol. The van der Waals surface area contributed by atoms with Crippen LogP contribution in [0.1, 0.15) is 12.0 Å². The topological polar surface area (TPSA) is 59.8 Å². The summed E-state index contributed by atoms with van der Waals surface area (Å²) in [6.45, 7) is 0. The van der Waals surface area contributed by atoms with E-state index >= 15 is 0 Å². The van der Waals surface area contributed by atoms with Gasteiger partial charge in [-0.15, -0.1) is 0 Å². The summed E-state index contributed by atoms with van der Waals surface area (Å²) in [5.41, 5.74) is 1.14. The van der Waals surface area contributed by atoms with Gasteiger partial charge in [-0.3, -0.25) is 9.78 Å². The fourth-order valence-electron chi connectivity index (χ4n) is 2.31. The Labute approximate surface area is 151 Å². The quantitative estimate of drug-likeness (QED) is 0.683. The van der Waals surface area contributed by atoms with Crippen LogP contribution in [-0.4, -0.2) is 20.7 Å². The molecule has 0 saturated heterocycles. The van der Waals surface area contributed by atoms with Crippen LogP contribution in [0.3, 0.4) is 0 Å². The summed E-state index contributed by atoms with van der Waals surface area (Å²) in [4.78, 5) is 15.9. The first kappa shape index (κ1) is 17.9. The zero-order valence-corrected chi connectivity index (χ0v) is 14.0. The minimum absolute atomic E-state index is 0.0378. The third kappa shape index (κ3) is 3.85. The first-order valence-electron chi connectivity index (χ1n) is 7.53. The van der Waals surface area contributed by atoms with Crippen LogP contribution in [0.2, 0.25) is 5.15 Å². The van der Waals surface area contributed by atoms with Crippen LogP contribution >= 0.6 is 11.6 Å². The van der Waals surface area contributed by atoms with E-state index in [1.54, 1.807) is 24.5 Å². The number of amides is 1. The van der Waals surface area contributed by atoms with Crippen LogP contribution in [0.15, 0.2) is 42.9 Å². The van der Waals surface area contributed by atoms with Gasteiger partial charge in [0.1, 0.15) is 0 Å². The Morgan fingerprint density at radius 1 is 1.15 bits per heavy atom. The number of hydrogen-bond donors (Lipinski definition) is 1. The van der Waals surface area contributed by atoms with Crippen molar-refractivity contribution < 1.29 is 18.0 Å². The summed E-state index contributed by atoms with van der Waals surface area (Å²) < 4.78 is 40.7. The molecule has 9 heteroatoms. The van der Waals surface area contributed by atoms with Crippen molar-refractivity contribution in [2.24, 2.45) is 0 Å². The number of carbonyl (C=O) groups is 1. The van der Waals surface area contributed by atoms with Gasteiger partial charge in [0.2, 0.25) is 5.91 Å². The van der Waals surface area contributed by atoms with Crippen LogP contribution in [0.4, 0.5) is 18.9 Å². The molecule has 3 rings (SSSR count). The van der Waals surface area contributed by atoms with E-state index < -0.39 is 23.4 Å². The molecule has 0 unspecified atom stereocenters. The van der Waals surface area contributed by atoms with Gasteiger partial charge in [-0.1, -0.05) is 11.6 Å². The minimum Gasteiger partial charge on any atom is -0.322 e. The third-order valence-electron chi connectivity index (χ3n) is 3.58. The predicted molar refractivity (Wildman–Crippen MR) is 89.6 cm³/mol. The second-order valence-corrected chi connectivity index (χ2v) is 5.75. The number of benzene rings is 1. The van der Waals surface area contributed by atoms with Gasteiger partial charge < -0.3 is 5.32 Å². The largest absolute Gasteiger partial charge is 0.322 e. The van der Waals surface area contributed by atoms with Crippen molar-refractivity contribution in [3.05, 3.63) is 71.0 Å². The number of nitrogens with zero attached hydrogens (tertiary/aromatic N) is 3. The molecule has 3 aromatic rings. The minimum atomic E-state index is -1.53. The maximum absolute atomic E-state index is 13.2. The highest BCUT2D eigenvalue weighted by Gasteiger charge is 2.14.